The zero-order chi connectivity index (χ0) is 73.7. The standard InChI is InChI=1S/C84H86N2O17Si2/c1-83(2,3)104(61-42-23-11-24-43-61,62-44-25-12-26-45-62)96-55-67-70(87)72(69(86-75(88)65-50-31-32-51-66(65)76(86)89)80(98-67)94-53-33-52-85-82(93)95-54-57-34-15-7-16-35-57)103-81-74(102-79(92)60-40-21-10-22-41-60)73(101-78(91)59-38-19-9-20-39-59)71(100-77(90)58-36-17-8-18-37-58)68(99-81)56-97-105(84(4,5)6,63-46-27-13-28-47-63)64-48-29-14-30-49-64/h7-32,34-51,67-74,80-81,87H,33,52-56H2,1-6H3,(H,85,93)/t67-,68-,69-,70-,71+,72-,73+,74-,80-,81+/m1/s1. The Kier molecular flexibility index (Phi) is 23.7. The second-order valence-electron chi connectivity index (χ2n) is 28.1. The van der Waals surface area contributed by atoms with Crippen molar-refractivity contribution in [2.75, 3.05) is 26.4 Å². The van der Waals surface area contributed by atoms with Crippen LogP contribution in [0.2, 0.25) is 10.1 Å². The Hall–Kier alpha value is -10.0. The molecule has 3 amide bonds. The largest absolute Gasteiger partial charge is 0.452 e. The highest BCUT2D eigenvalue weighted by atomic mass is 28.4. The van der Waals surface area contributed by atoms with E-state index in [2.05, 4.69) is 46.9 Å². The molecule has 12 rings (SSSR count). The molecule has 0 saturated carbocycles. The lowest BCUT2D eigenvalue weighted by Gasteiger charge is -2.51. The van der Waals surface area contributed by atoms with Gasteiger partial charge in [-0.15, -0.1) is 0 Å². The Morgan fingerprint density at radius 1 is 0.448 bits per heavy atom. The minimum Gasteiger partial charge on any atom is -0.452 e. The number of hydrogen-bond donors (Lipinski definition) is 2. The van der Waals surface area contributed by atoms with Gasteiger partial charge in [-0.25, -0.2) is 19.2 Å². The van der Waals surface area contributed by atoms with Gasteiger partial charge in [0, 0.05) is 6.54 Å². The molecule has 0 bridgehead atoms. The average molecular weight is 1450 g/mol. The number of ether oxygens (including phenoxy) is 8. The van der Waals surface area contributed by atoms with E-state index < -0.39 is 130 Å². The minimum atomic E-state index is -3.61. The fourth-order valence-corrected chi connectivity index (χ4v) is 23.4. The summed E-state index contributed by atoms with van der Waals surface area (Å²) >= 11 is 0. The lowest BCUT2D eigenvalue weighted by molar-refractivity contribution is -0.346. The van der Waals surface area contributed by atoms with Gasteiger partial charge in [-0.05, 0) is 91.3 Å². The molecule has 0 unspecified atom stereocenters. The van der Waals surface area contributed by atoms with Crippen LogP contribution in [0.3, 0.4) is 0 Å². The Morgan fingerprint density at radius 3 is 1.23 bits per heavy atom. The van der Waals surface area contributed by atoms with Crippen LogP contribution in [0.15, 0.2) is 267 Å². The van der Waals surface area contributed by atoms with E-state index in [4.69, 9.17) is 46.7 Å². The summed E-state index contributed by atoms with van der Waals surface area (Å²) in [5.41, 5.74) is 1.07. The van der Waals surface area contributed by atoms with Gasteiger partial charge < -0.3 is 57.2 Å². The van der Waals surface area contributed by atoms with Gasteiger partial charge in [-0.1, -0.05) is 260 Å². The van der Waals surface area contributed by atoms with Gasteiger partial charge in [0.05, 0.1) is 47.6 Å². The van der Waals surface area contributed by atoms with Gasteiger partial charge >= 0.3 is 24.0 Å². The molecular weight excluding hydrogens is 1370 g/mol. The summed E-state index contributed by atoms with van der Waals surface area (Å²) in [6, 6.07) is 77.2. The van der Waals surface area contributed by atoms with Gasteiger partial charge in [0.1, 0.15) is 37.1 Å². The summed E-state index contributed by atoms with van der Waals surface area (Å²) in [6.07, 6.45) is -16.6. The molecule has 0 radical (unpaired) electrons. The first kappa shape index (κ1) is 74.7. The normalized spacial score (nSPS) is 21.2. The van der Waals surface area contributed by atoms with Crippen LogP contribution in [-0.2, 0) is 53.4 Å². The first-order valence-corrected chi connectivity index (χ1v) is 39.0. The van der Waals surface area contributed by atoms with Crippen LogP contribution in [0.1, 0.15) is 105 Å². The van der Waals surface area contributed by atoms with Crippen LogP contribution in [0.25, 0.3) is 0 Å². The van der Waals surface area contributed by atoms with E-state index in [1.54, 1.807) is 78.9 Å². The third-order valence-corrected chi connectivity index (χ3v) is 29.3. The third-order valence-electron chi connectivity index (χ3n) is 19.3. The van der Waals surface area contributed by atoms with Gasteiger partial charge in [-0.3, -0.25) is 14.5 Å². The number of rotatable bonds is 26. The number of imide groups is 1. The fraction of sp³-hybridized carbons (Fsp3) is 0.286. The van der Waals surface area contributed by atoms with E-state index in [1.807, 2.05) is 152 Å². The zero-order valence-corrected chi connectivity index (χ0v) is 61.3. The number of esters is 3. The Labute approximate surface area is 613 Å². The quantitative estimate of drug-likeness (QED) is 0.0169. The predicted octanol–water partition coefficient (Wildman–Crippen LogP) is 11.0. The minimum absolute atomic E-state index is 0.0173. The molecular formula is C84H86N2O17Si2. The van der Waals surface area contributed by atoms with Crippen LogP contribution >= 0.6 is 0 Å². The van der Waals surface area contributed by atoms with Crippen LogP contribution < -0.4 is 26.1 Å². The number of hydrogen-bond acceptors (Lipinski definition) is 17. The van der Waals surface area contributed by atoms with Crippen LogP contribution in [0, 0.1) is 0 Å². The number of alkyl carbamates (subject to hydrolysis) is 1. The van der Waals surface area contributed by atoms with E-state index in [0.717, 1.165) is 31.2 Å². The lowest BCUT2D eigenvalue weighted by Crippen LogP contribution is -2.71. The third kappa shape index (κ3) is 16.4. The van der Waals surface area contributed by atoms with E-state index in [-0.39, 0.29) is 60.6 Å². The lowest BCUT2D eigenvalue weighted by atomic mass is 9.94. The number of nitrogens with one attached hydrogen (secondary N) is 1. The first-order valence-electron chi connectivity index (χ1n) is 35.2. The van der Waals surface area contributed by atoms with Crippen molar-refractivity contribution >= 4 is 73.2 Å². The molecule has 0 aliphatic carbocycles. The van der Waals surface area contributed by atoms with Gasteiger partial charge in [0.2, 0.25) is 0 Å². The van der Waals surface area contributed by atoms with E-state index in [0.29, 0.717) is 0 Å². The number of amides is 3. The number of aliphatic hydroxyl groups excluding tert-OH is 1. The highest BCUT2D eigenvalue weighted by Crippen LogP contribution is 2.43. The summed E-state index contributed by atoms with van der Waals surface area (Å²) < 4.78 is 69.4. The number of carbonyl (C=O) groups excluding carboxylic acids is 6. The molecule has 9 aromatic carbocycles. The number of benzene rings is 9. The highest BCUT2D eigenvalue weighted by Gasteiger charge is 2.61. The number of aliphatic hydroxyl groups is 1. The summed E-state index contributed by atoms with van der Waals surface area (Å²) in [5, 5.41) is 18.9. The smallest absolute Gasteiger partial charge is 0.407 e. The van der Waals surface area contributed by atoms with Gasteiger partial charge in [0.15, 0.2) is 30.9 Å². The molecule has 105 heavy (non-hydrogen) atoms. The molecule has 0 spiro atoms. The Morgan fingerprint density at radius 2 is 0.810 bits per heavy atom. The highest BCUT2D eigenvalue weighted by molar-refractivity contribution is 7.00. The first-order chi connectivity index (χ1) is 50.8. The van der Waals surface area contributed by atoms with Crippen molar-refractivity contribution in [1.29, 1.82) is 0 Å². The average Bonchev–Trinajstić information content (AvgIpc) is 1.72. The van der Waals surface area contributed by atoms with Crippen LogP contribution in [0.5, 0.6) is 0 Å². The van der Waals surface area contributed by atoms with Crippen molar-refractivity contribution in [1.82, 2.24) is 10.2 Å². The zero-order valence-electron chi connectivity index (χ0n) is 59.3. The molecule has 3 aliphatic rings. The summed E-state index contributed by atoms with van der Waals surface area (Å²) in [7, 11) is -7.13. The molecule has 542 valence electrons. The molecule has 3 aliphatic heterocycles. The van der Waals surface area contributed by atoms with Crippen molar-refractivity contribution < 1.29 is 80.6 Å². The maximum absolute atomic E-state index is 15.4. The number of carbonyl (C=O) groups is 6. The van der Waals surface area contributed by atoms with E-state index in [9.17, 15) is 9.90 Å². The van der Waals surface area contributed by atoms with Crippen molar-refractivity contribution in [3.8, 4) is 0 Å². The van der Waals surface area contributed by atoms with Crippen molar-refractivity contribution in [3.05, 3.63) is 300 Å². The molecule has 2 saturated heterocycles. The van der Waals surface area contributed by atoms with Crippen molar-refractivity contribution in [2.45, 2.75) is 126 Å². The number of fused-ring (bicyclic) bond motifs is 1. The van der Waals surface area contributed by atoms with E-state index >= 15 is 24.0 Å². The SMILES string of the molecule is CC(C)(C)[Si](OC[C@H]1O[C@@H](OCCCNC(=O)OCc2ccccc2)[C@H](N2C(=O)c3ccccc3C2=O)[C@@H](O[C@@H]2O[C@H](CO[Si](c3ccccc3)(c3ccccc3)C(C)(C)C)[C@H](OC(=O)c3ccccc3)[C@H](OC(=O)c3ccccc3)[C@H]2OC(=O)c2ccccc2)[C@@H]1O)(c1ccccc1)c1ccccc1. The predicted molar refractivity (Wildman–Crippen MR) is 398 cm³/mol. The maximum Gasteiger partial charge on any atom is 0.407 e. The van der Waals surface area contributed by atoms with E-state index in [1.165, 1.54) is 36.4 Å². The van der Waals surface area contributed by atoms with Crippen molar-refractivity contribution in [2.24, 2.45) is 0 Å². The second kappa shape index (κ2) is 33.4. The Balaban J connectivity index is 1.02. The second-order valence-corrected chi connectivity index (χ2v) is 36.7. The van der Waals surface area contributed by atoms with Gasteiger partial charge in [0.25, 0.3) is 28.4 Å². The van der Waals surface area contributed by atoms with Crippen LogP contribution in [-0.4, -0.2) is 150 Å². The summed E-state index contributed by atoms with van der Waals surface area (Å²) in [6.45, 7) is 11.6. The van der Waals surface area contributed by atoms with Gasteiger partial charge in [-0.2, -0.15) is 0 Å². The molecule has 21 heteroatoms. The molecule has 19 nitrogen and oxygen atoms in total. The maximum atomic E-state index is 15.4. The molecule has 3 heterocycles. The Bertz CT molecular complexity index is 4270. The molecule has 2 N–H and O–H groups in total. The molecule has 10 atom stereocenters. The topological polar surface area (TPSA) is 230 Å². The summed E-state index contributed by atoms with van der Waals surface area (Å²) in [4.78, 5) is 90.3. The fourth-order valence-electron chi connectivity index (χ4n) is 14.2. The monoisotopic (exact) mass is 1450 g/mol. The molecule has 9 aromatic rings. The summed E-state index contributed by atoms with van der Waals surface area (Å²) in [5.74, 6) is -4.36. The van der Waals surface area contributed by atoms with Crippen molar-refractivity contribution in [3.63, 3.8) is 0 Å². The number of nitrogens with zero attached hydrogens (tertiary/aromatic N) is 1. The molecule has 2 fully saturated rings. The van der Waals surface area contributed by atoms with Crippen LogP contribution in [0.4, 0.5) is 4.79 Å². The molecule has 0 aromatic heterocycles.